The highest BCUT2D eigenvalue weighted by atomic mass is 32.2. The predicted molar refractivity (Wildman–Crippen MR) is 192 cm³/mol. The molecule has 6 fully saturated rings. The lowest BCUT2D eigenvalue weighted by Gasteiger charge is -2.41. The molecule has 1 heterocycles. The Morgan fingerprint density at radius 1 is 0.840 bits per heavy atom. The van der Waals surface area contributed by atoms with Gasteiger partial charge in [-0.15, -0.1) is 0 Å². The molecule has 0 aromatic heterocycles. The Kier molecular flexibility index (Phi) is 10.9. The number of sulfone groups is 1. The molecule has 5 amide bonds. The molecule has 6 rings (SSSR count). The van der Waals surface area contributed by atoms with Crippen LogP contribution in [0.3, 0.4) is 0 Å². The fourth-order valence-electron chi connectivity index (χ4n) is 10.3. The summed E-state index contributed by atoms with van der Waals surface area (Å²) in [6, 6.07) is -2.31. The van der Waals surface area contributed by atoms with Crippen LogP contribution in [-0.4, -0.2) is 77.8 Å². The average molecular weight is 718 g/mol. The normalized spacial score (nSPS) is 29.0. The standard InChI is InChI=1S/C38H63N5O6S/c1-36(2,3)50(48,49)24-38(16-8-5-9-17-38)42-35(47)41-31(26-13-6-4-7-14-26)34(46)43-23-29-28(15-18-37(29)19-20-37)32(43)33(45)40-27(22-30(39)44)21-25-11-10-12-25/h25-29,31-32H,4-24H2,1-3H3,(H2,39,44)(H,40,45)(H2,41,42,47)/t27?,28-,29-,31-,32-/m0/s1. The fourth-order valence-corrected chi connectivity index (χ4v) is 11.8. The number of hydrogen-bond acceptors (Lipinski definition) is 6. The van der Waals surface area contributed by atoms with E-state index in [1.54, 1.807) is 25.7 Å². The van der Waals surface area contributed by atoms with Crippen LogP contribution in [0, 0.1) is 29.1 Å². The van der Waals surface area contributed by atoms with Gasteiger partial charge in [0.2, 0.25) is 17.7 Å². The molecule has 1 spiro atoms. The SMILES string of the molecule is CC(C)(C)S(=O)(=O)CC1(NC(=O)N[C@H](C(=O)N2C[C@H]3[C@H](CCC34CC4)[C@H]2C(=O)NC(CC(N)=O)CC2CCC2)C2CCCCC2)CCCCC1. The number of likely N-dealkylation sites (tertiary alicyclic amines) is 1. The van der Waals surface area contributed by atoms with E-state index in [0.717, 1.165) is 96.3 Å². The smallest absolute Gasteiger partial charge is 0.315 e. The maximum absolute atomic E-state index is 14.9. The summed E-state index contributed by atoms with van der Waals surface area (Å²) >= 11 is 0. The highest BCUT2D eigenvalue weighted by Crippen LogP contribution is 2.66. The van der Waals surface area contributed by atoms with E-state index in [1.165, 1.54) is 0 Å². The summed E-state index contributed by atoms with van der Waals surface area (Å²) in [7, 11) is -3.53. The maximum Gasteiger partial charge on any atom is 0.315 e. The third-order valence-corrected chi connectivity index (χ3v) is 16.6. The second-order valence-corrected chi connectivity index (χ2v) is 20.9. The molecule has 11 nitrogen and oxygen atoms in total. The first-order chi connectivity index (χ1) is 23.6. The van der Waals surface area contributed by atoms with Gasteiger partial charge in [0, 0.05) is 19.0 Å². The van der Waals surface area contributed by atoms with Gasteiger partial charge in [0.15, 0.2) is 9.84 Å². The third-order valence-electron chi connectivity index (χ3n) is 13.8. The monoisotopic (exact) mass is 717 g/mol. The van der Waals surface area contributed by atoms with Crippen LogP contribution in [0.1, 0.15) is 143 Å². The van der Waals surface area contributed by atoms with Gasteiger partial charge in [0.25, 0.3) is 0 Å². The highest BCUT2D eigenvalue weighted by Gasteiger charge is 2.64. The second-order valence-electron chi connectivity index (χ2n) is 18.2. The van der Waals surface area contributed by atoms with Crippen LogP contribution in [0.4, 0.5) is 4.79 Å². The van der Waals surface area contributed by atoms with Crippen LogP contribution in [0.2, 0.25) is 0 Å². The summed E-state index contributed by atoms with van der Waals surface area (Å²) in [5.41, 5.74) is 4.94. The first-order valence-electron chi connectivity index (χ1n) is 19.8. The van der Waals surface area contributed by atoms with Crippen molar-refractivity contribution in [3.05, 3.63) is 0 Å². The minimum atomic E-state index is -3.53. The molecular formula is C38H63N5O6S. The van der Waals surface area contributed by atoms with E-state index >= 15 is 0 Å². The van der Waals surface area contributed by atoms with Crippen molar-refractivity contribution < 1.29 is 27.6 Å². The van der Waals surface area contributed by atoms with Gasteiger partial charge in [-0.3, -0.25) is 14.4 Å². The summed E-state index contributed by atoms with van der Waals surface area (Å²) in [5.74, 6) is -0.278. The Hall–Kier alpha value is -2.37. The van der Waals surface area contributed by atoms with E-state index in [4.69, 9.17) is 5.73 Å². The number of urea groups is 1. The molecule has 1 unspecified atom stereocenters. The largest absolute Gasteiger partial charge is 0.370 e. The molecule has 0 radical (unpaired) electrons. The van der Waals surface area contributed by atoms with Crippen LogP contribution >= 0.6 is 0 Å². The number of rotatable bonds is 12. The summed E-state index contributed by atoms with van der Waals surface area (Å²) in [6.45, 7) is 5.60. The van der Waals surface area contributed by atoms with Crippen molar-refractivity contribution in [2.45, 2.75) is 171 Å². The van der Waals surface area contributed by atoms with E-state index in [9.17, 15) is 27.6 Å². The van der Waals surface area contributed by atoms with E-state index in [2.05, 4.69) is 16.0 Å². The zero-order valence-electron chi connectivity index (χ0n) is 30.8. The number of carbonyl (C=O) groups excluding carboxylic acids is 4. The second kappa shape index (κ2) is 14.6. The van der Waals surface area contributed by atoms with E-state index in [1.807, 2.05) is 0 Å². The third kappa shape index (κ3) is 7.99. The summed E-state index contributed by atoms with van der Waals surface area (Å²) in [5, 5.41) is 9.42. The van der Waals surface area contributed by atoms with Gasteiger partial charge in [-0.05, 0) is 108 Å². The number of carbonyl (C=O) groups is 4. The molecule has 5 aliphatic carbocycles. The molecule has 5 N–H and O–H groups in total. The Morgan fingerprint density at radius 2 is 1.50 bits per heavy atom. The summed E-state index contributed by atoms with van der Waals surface area (Å²) in [6.07, 6.45) is 16.8. The van der Waals surface area contributed by atoms with Gasteiger partial charge in [-0.25, -0.2) is 13.2 Å². The molecule has 50 heavy (non-hydrogen) atoms. The molecule has 1 aliphatic heterocycles. The Bertz CT molecular complexity index is 1390. The molecule has 5 atom stereocenters. The Morgan fingerprint density at radius 3 is 2.08 bits per heavy atom. The van der Waals surface area contributed by atoms with Crippen molar-refractivity contribution in [1.29, 1.82) is 0 Å². The average Bonchev–Trinajstić information content (AvgIpc) is 3.59. The highest BCUT2D eigenvalue weighted by molar-refractivity contribution is 7.92. The van der Waals surface area contributed by atoms with Crippen molar-refractivity contribution in [2.24, 2.45) is 34.8 Å². The first kappa shape index (κ1) is 37.4. The van der Waals surface area contributed by atoms with Crippen molar-refractivity contribution in [3.8, 4) is 0 Å². The first-order valence-corrected chi connectivity index (χ1v) is 21.5. The van der Waals surface area contributed by atoms with Crippen molar-refractivity contribution in [3.63, 3.8) is 0 Å². The Balaban J connectivity index is 1.24. The number of nitrogens with zero attached hydrogens (tertiary/aromatic N) is 1. The number of primary amides is 1. The van der Waals surface area contributed by atoms with Gasteiger partial charge >= 0.3 is 6.03 Å². The van der Waals surface area contributed by atoms with E-state index in [-0.39, 0.29) is 53.2 Å². The molecule has 12 heteroatoms. The van der Waals surface area contributed by atoms with Gasteiger partial charge in [0.1, 0.15) is 12.1 Å². The lowest BCUT2D eigenvalue weighted by molar-refractivity contribution is -0.142. The van der Waals surface area contributed by atoms with Gasteiger partial charge in [0.05, 0.1) is 16.0 Å². The summed E-state index contributed by atoms with van der Waals surface area (Å²) < 4.78 is 25.9. The zero-order valence-corrected chi connectivity index (χ0v) is 31.6. The number of nitrogens with two attached hydrogens (primary N) is 1. The van der Waals surface area contributed by atoms with Crippen molar-refractivity contribution in [1.82, 2.24) is 20.9 Å². The molecule has 5 saturated carbocycles. The lowest BCUT2D eigenvalue weighted by Crippen LogP contribution is -2.63. The van der Waals surface area contributed by atoms with Crippen LogP contribution < -0.4 is 21.7 Å². The minimum Gasteiger partial charge on any atom is -0.370 e. The fraction of sp³-hybridized carbons (Fsp3) is 0.895. The molecule has 282 valence electrons. The van der Waals surface area contributed by atoms with Gasteiger partial charge in [-0.2, -0.15) is 0 Å². The predicted octanol–water partition coefficient (Wildman–Crippen LogP) is 4.72. The molecule has 1 saturated heterocycles. The molecule has 0 bridgehead atoms. The zero-order chi connectivity index (χ0) is 35.9. The van der Waals surface area contributed by atoms with Crippen molar-refractivity contribution in [2.75, 3.05) is 12.3 Å². The van der Waals surface area contributed by atoms with Gasteiger partial charge in [-0.1, -0.05) is 57.8 Å². The quantitative estimate of drug-likeness (QED) is 0.228. The van der Waals surface area contributed by atoms with Crippen LogP contribution in [0.25, 0.3) is 0 Å². The molecule has 0 aromatic rings. The number of amides is 5. The maximum atomic E-state index is 14.9. The molecule has 0 aromatic carbocycles. The van der Waals surface area contributed by atoms with Crippen LogP contribution in [0.5, 0.6) is 0 Å². The van der Waals surface area contributed by atoms with E-state index < -0.39 is 44.1 Å². The Labute approximate surface area is 299 Å². The minimum absolute atomic E-state index is 0.0494. The molecular weight excluding hydrogens is 655 g/mol. The van der Waals surface area contributed by atoms with E-state index in [0.29, 0.717) is 31.7 Å². The number of nitrogens with one attached hydrogen (secondary N) is 3. The van der Waals surface area contributed by atoms with Crippen LogP contribution in [-0.2, 0) is 24.2 Å². The topological polar surface area (TPSA) is 168 Å². The van der Waals surface area contributed by atoms with Crippen LogP contribution in [0.15, 0.2) is 0 Å². The number of fused-ring (bicyclic) bond motifs is 2. The molecule has 6 aliphatic rings. The summed E-state index contributed by atoms with van der Waals surface area (Å²) in [4.78, 5) is 57.1. The number of hydrogen-bond donors (Lipinski definition) is 4. The van der Waals surface area contributed by atoms with Gasteiger partial charge < -0.3 is 26.6 Å². The van der Waals surface area contributed by atoms with Crippen molar-refractivity contribution >= 4 is 33.6 Å². The lowest BCUT2D eigenvalue weighted by atomic mass is 9.80.